The summed E-state index contributed by atoms with van der Waals surface area (Å²) in [5.74, 6) is 2.08. The van der Waals surface area contributed by atoms with Crippen molar-refractivity contribution >= 4 is 38.9 Å². The number of para-hydroxylation sites is 2. The van der Waals surface area contributed by atoms with Crippen molar-refractivity contribution in [2.24, 2.45) is 0 Å². The fourth-order valence-electron chi connectivity index (χ4n) is 12.1. The van der Waals surface area contributed by atoms with Gasteiger partial charge in [-0.2, -0.15) is 18.8 Å². The van der Waals surface area contributed by atoms with Crippen molar-refractivity contribution < 1.29 is 25.8 Å². The maximum Gasteiger partial charge on any atom is 0.135 e. The van der Waals surface area contributed by atoms with Crippen molar-refractivity contribution in [1.29, 1.82) is 0 Å². The summed E-state index contributed by atoms with van der Waals surface area (Å²) in [6.45, 7) is 32.9. The Labute approximate surface area is 447 Å². The van der Waals surface area contributed by atoms with Crippen molar-refractivity contribution in [2.75, 3.05) is 16.8 Å². The van der Waals surface area contributed by atoms with Gasteiger partial charge < -0.3 is 19.1 Å². The number of fused-ring (bicyclic) bond motifs is 12. The van der Waals surface area contributed by atoms with E-state index in [1.165, 1.54) is 67.0 Å². The third kappa shape index (κ3) is 7.38. The summed E-state index contributed by atoms with van der Waals surface area (Å²) in [5, 5.41) is 2.23. The van der Waals surface area contributed by atoms with E-state index in [9.17, 15) is 0 Å². The number of ether oxygens (including phenoxy) is 1. The van der Waals surface area contributed by atoms with Crippen LogP contribution in [-0.2, 0) is 48.1 Å². The summed E-state index contributed by atoms with van der Waals surface area (Å²) in [5.41, 5.74) is 21.0. The summed E-state index contributed by atoms with van der Waals surface area (Å²) in [4.78, 5) is 9.73. The van der Waals surface area contributed by atoms with E-state index < -0.39 is 5.41 Å². The molecule has 0 bridgehead atoms. The van der Waals surface area contributed by atoms with Gasteiger partial charge in [0.05, 0.1) is 0 Å². The molecule has 3 aliphatic rings. The van der Waals surface area contributed by atoms with Crippen LogP contribution < -0.4 is 14.5 Å². The van der Waals surface area contributed by atoms with E-state index in [4.69, 9.17) is 9.72 Å². The average molecular weight is 1140 g/mol. The molecule has 5 nitrogen and oxygen atoms in total. The Kier molecular flexibility index (Phi) is 11.1. The van der Waals surface area contributed by atoms with Gasteiger partial charge in [-0.15, -0.1) is 35.2 Å². The Morgan fingerprint density at radius 3 is 1.79 bits per heavy atom. The molecule has 0 fully saturated rings. The van der Waals surface area contributed by atoms with E-state index in [0.29, 0.717) is 11.5 Å². The summed E-state index contributed by atoms with van der Waals surface area (Å²) in [7, 11) is 2.17. The standard InChI is InChI=1S/C67H65N4O.Pt/c1-40-31-59(68-38-50(40)41-21-16-15-17-22-41)71-55-25-19-18-23-46(55)47-29-27-44(36-57(47)71)72-45-28-30-51-58(37-45)70-39-69(14)56-26-20-24-52(62(56)70)67(51)60-48(32-42(63(2,3)4)34-53(60)65(8,9)10)49-33-43(64(5,6)7)35-54(61(49)67)66(11,12)13;/h15-35,38-39H,1-14H3;/q-3;. The molecule has 7 aromatic carbocycles. The number of benzene rings is 7. The van der Waals surface area contributed by atoms with Crippen LogP contribution in [0.15, 0.2) is 134 Å². The quantitative estimate of drug-likeness (QED) is 0.165. The molecule has 2 aromatic heterocycles. The normalized spacial score (nSPS) is 14.6. The largest absolute Gasteiger partial charge is 0.509 e. The van der Waals surface area contributed by atoms with Crippen LogP contribution in [0.5, 0.6) is 11.5 Å². The maximum atomic E-state index is 7.02. The van der Waals surface area contributed by atoms with Crippen LogP contribution in [0.3, 0.4) is 0 Å². The molecular formula is C67H65N4OPt-3. The first-order valence-corrected chi connectivity index (χ1v) is 25.7. The van der Waals surface area contributed by atoms with Crippen LogP contribution in [-0.4, -0.2) is 16.6 Å². The number of pyridine rings is 1. The van der Waals surface area contributed by atoms with Gasteiger partial charge in [0.15, 0.2) is 0 Å². The Morgan fingerprint density at radius 2 is 1.18 bits per heavy atom. The van der Waals surface area contributed by atoms with E-state index >= 15 is 0 Å². The zero-order valence-corrected chi connectivity index (χ0v) is 47.1. The molecule has 9 aromatic rings. The van der Waals surface area contributed by atoms with E-state index in [-0.39, 0.29) is 42.7 Å². The van der Waals surface area contributed by atoms with Crippen molar-refractivity contribution in [1.82, 2.24) is 9.55 Å². The SMILES string of the molecule is Cc1cc(-n2c3[c-]c(Oc4[c-]c5c(cc4)C4(c6cccc7c6N5[CH-]N7C)c5c(cc(C(C)(C)C)cc5C(C)(C)C)-c5cc(C(C)(C)C)cc(C(C)(C)C)c54)ccc3c3ccccc32)ncc1-c1ccccc1.[Pt]. The minimum Gasteiger partial charge on any atom is -0.509 e. The fraction of sp³-hybridized carbons (Fsp3) is 0.284. The zero-order valence-electron chi connectivity index (χ0n) is 44.8. The molecule has 0 radical (unpaired) electrons. The van der Waals surface area contributed by atoms with Gasteiger partial charge in [-0.25, -0.2) is 4.98 Å². The monoisotopic (exact) mass is 1140 g/mol. The smallest absolute Gasteiger partial charge is 0.135 e. The molecule has 0 N–H and O–H groups in total. The summed E-state index contributed by atoms with van der Waals surface area (Å²) >= 11 is 0. The molecule has 0 atom stereocenters. The van der Waals surface area contributed by atoms with Gasteiger partial charge >= 0.3 is 0 Å². The number of nitrogens with zero attached hydrogens (tertiary/aromatic N) is 4. The second kappa shape index (κ2) is 16.5. The van der Waals surface area contributed by atoms with Gasteiger partial charge in [0.25, 0.3) is 0 Å². The Morgan fingerprint density at radius 1 is 0.575 bits per heavy atom. The minimum atomic E-state index is -0.679. The third-order valence-corrected chi connectivity index (χ3v) is 15.7. The van der Waals surface area contributed by atoms with Crippen LogP contribution in [0.2, 0.25) is 0 Å². The second-order valence-corrected chi connectivity index (χ2v) is 24.8. The Hall–Kier alpha value is -6.42. The van der Waals surface area contributed by atoms with E-state index in [1.54, 1.807) is 0 Å². The zero-order chi connectivity index (χ0) is 50.6. The van der Waals surface area contributed by atoms with Gasteiger partial charge in [0.1, 0.15) is 5.82 Å². The van der Waals surface area contributed by atoms with Gasteiger partial charge in [0, 0.05) is 66.6 Å². The molecule has 1 aliphatic carbocycles. The summed E-state index contributed by atoms with van der Waals surface area (Å²) in [6.07, 6.45) is 2.00. The molecule has 2 aliphatic heterocycles. The molecule has 0 saturated carbocycles. The third-order valence-electron chi connectivity index (χ3n) is 15.7. The predicted molar refractivity (Wildman–Crippen MR) is 300 cm³/mol. The molecule has 0 amide bonds. The second-order valence-electron chi connectivity index (χ2n) is 24.8. The van der Waals surface area contributed by atoms with Crippen LogP contribution in [0.25, 0.3) is 49.9 Å². The molecule has 1 spiro atoms. The molecule has 4 heterocycles. The Bertz CT molecular complexity index is 3640. The first-order chi connectivity index (χ1) is 34.0. The van der Waals surface area contributed by atoms with E-state index in [1.807, 2.05) is 18.3 Å². The number of aryl methyl sites for hydroxylation is 1. The summed E-state index contributed by atoms with van der Waals surface area (Å²) in [6, 6.07) is 54.7. The van der Waals surface area contributed by atoms with Gasteiger partial charge in [-0.05, 0) is 120 Å². The van der Waals surface area contributed by atoms with Crippen LogP contribution in [0.4, 0.5) is 17.1 Å². The van der Waals surface area contributed by atoms with Crippen LogP contribution in [0.1, 0.15) is 133 Å². The number of hydrogen-bond donors (Lipinski definition) is 0. The van der Waals surface area contributed by atoms with Crippen molar-refractivity contribution in [2.45, 2.75) is 117 Å². The van der Waals surface area contributed by atoms with Crippen molar-refractivity contribution in [3.63, 3.8) is 0 Å². The molecule has 6 heteroatoms. The molecule has 73 heavy (non-hydrogen) atoms. The maximum absolute atomic E-state index is 7.02. The number of anilines is 3. The number of hydrogen-bond acceptors (Lipinski definition) is 4. The van der Waals surface area contributed by atoms with Crippen molar-refractivity contribution in [3.05, 3.63) is 202 Å². The van der Waals surface area contributed by atoms with Crippen LogP contribution >= 0.6 is 0 Å². The predicted octanol–water partition coefficient (Wildman–Crippen LogP) is 17.1. The van der Waals surface area contributed by atoms with E-state index in [0.717, 1.165) is 50.0 Å². The molecule has 372 valence electrons. The van der Waals surface area contributed by atoms with Crippen molar-refractivity contribution in [3.8, 4) is 39.6 Å². The first-order valence-electron chi connectivity index (χ1n) is 25.7. The van der Waals surface area contributed by atoms with E-state index in [2.05, 4.69) is 245 Å². The number of aromatic nitrogens is 2. The Balaban J connectivity index is 0.00000574. The number of rotatable bonds is 4. The minimum absolute atomic E-state index is 0. The molecular weight excluding hydrogens is 1070 g/mol. The molecule has 12 rings (SSSR count). The van der Waals surface area contributed by atoms with Gasteiger partial charge in [-0.1, -0.05) is 179 Å². The molecule has 0 saturated heterocycles. The summed E-state index contributed by atoms with van der Waals surface area (Å²) < 4.78 is 9.24. The van der Waals surface area contributed by atoms with Crippen LogP contribution in [0, 0.1) is 25.7 Å². The fourth-order valence-corrected chi connectivity index (χ4v) is 12.1. The average Bonchev–Trinajstić information content (AvgIpc) is 3.95. The van der Waals surface area contributed by atoms with Gasteiger partial charge in [0.2, 0.25) is 0 Å². The molecule has 0 unspecified atom stereocenters. The van der Waals surface area contributed by atoms with Gasteiger partial charge in [-0.3, -0.25) is 0 Å². The topological polar surface area (TPSA) is 33.5 Å². The first kappa shape index (κ1) is 48.8.